The van der Waals surface area contributed by atoms with Gasteiger partial charge in [-0.25, -0.2) is 9.48 Å². The number of benzene rings is 2. The van der Waals surface area contributed by atoms with Crippen LogP contribution in [-0.4, -0.2) is 41.2 Å². The molecule has 3 aromatic rings. The van der Waals surface area contributed by atoms with Crippen LogP contribution in [0, 0.1) is 0 Å². The summed E-state index contributed by atoms with van der Waals surface area (Å²) in [6, 6.07) is 14.1. The molecule has 2 aromatic carbocycles. The molecule has 7 heteroatoms. The van der Waals surface area contributed by atoms with Crippen LogP contribution in [0.4, 0.5) is 0 Å². The molecule has 0 spiro atoms. The van der Waals surface area contributed by atoms with E-state index in [9.17, 15) is 14.7 Å². The Labute approximate surface area is 143 Å². The zero-order valence-electron chi connectivity index (χ0n) is 13.5. The monoisotopic (exact) mass is 340 g/mol. The summed E-state index contributed by atoms with van der Waals surface area (Å²) < 4.78 is 12.0. The topological polar surface area (TPSA) is 90.7 Å². The first kappa shape index (κ1) is 16.7. The number of ether oxygens (including phenoxy) is 2. The highest BCUT2D eigenvalue weighted by molar-refractivity contribution is 5.93. The Morgan fingerprint density at radius 1 is 1.12 bits per heavy atom. The van der Waals surface area contributed by atoms with Gasteiger partial charge in [0.05, 0.1) is 23.2 Å². The van der Waals surface area contributed by atoms with Crippen molar-refractivity contribution in [3.63, 3.8) is 0 Å². The molecule has 0 fully saturated rings. The molecule has 0 atom stereocenters. The lowest BCUT2D eigenvalue weighted by molar-refractivity contribution is 0.0687. The van der Waals surface area contributed by atoms with Gasteiger partial charge in [-0.15, -0.1) is 0 Å². The first-order valence-corrected chi connectivity index (χ1v) is 7.60. The molecule has 7 nitrogen and oxygen atoms in total. The summed E-state index contributed by atoms with van der Waals surface area (Å²) in [4.78, 5) is 24.1. The molecular formula is C18H16N2O5. The highest BCUT2D eigenvalue weighted by Gasteiger charge is 2.20. The molecule has 1 N–H and O–H groups in total. The first-order chi connectivity index (χ1) is 12.1. The van der Waals surface area contributed by atoms with E-state index in [1.807, 2.05) is 6.07 Å². The summed E-state index contributed by atoms with van der Waals surface area (Å²) in [5, 5.41) is 13.6. The van der Waals surface area contributed by atoms with E-state index in [2.05, 4.69) is 5.10 Å². The number of nitrogens with zero attached hydrogens (tertiary/aromatic N) is 2. The van der Waals surface area contributed by atoms with Crippen LogP contribution in [0.25, 0.3) is 16.6 Å². The normalized spacial score (nSPS) is 10.8. The van der Waals surface area contributed by atoms with Crippen LogP contribution in [0.5, 0.6) is 5.75 Å². The van der Waals surface area contributed by atoms with Crippen LogP contribution in [0.2, 0.25) is 0 Å². The Balaban J connectivity index is 2.30. The van der Waals surface area contributed by atoms with Gasteiger partial charge in [-0.3, -0.25) is 4.79 Å². The second kappa shape index (κ2) is 7.14. The highest BCUT2D eigenvalue weighted by atomic mass is 16.5. The maximum absolute atomic E-state index is 12.6. The zero-order chi connectivity index (χ0) is 17.8. The fourth-order valence-electron chi connectivity index (χ4n) is 2.50. The fraction of sp³-hybridized carbons (Fsp3) is 0.167. The van der Waals surface area contributed by atoms with Gasteiger partial charge in [0.15, 0.2) is 0 Å². The molecule has 3 rings (SSSR count). The fourth-order valence-corrected chi connectivity index (χ4v) is 2.50. The van der Waals surface area contributed by atoms with Gasteiger partial charge in [0.1, 0.15) is 12.4 Å². The average Bonchev–Trinajstić information content (AvgIpc) is 2.62. The van der Waals surface area contributed by atoms with Gasteiger partial charge >= 0.3 is 5.97 Å². The Morgan fingerprint density at radius 3 is 2.56 bits per heavy atom. The SMILES string of the molecule is COCCOc1cccc2c1c(=O)c(C(=O)O)nn2-c1ccccc1. The Hall–Kier alpha value is -3.19. The molecule has 0 aliphatic heterocycles. The van der Waals surface area contributed by atoms with Crippen LogP contribution >= 0.6 is 0 Å². The molecule has 25 heavy (non-hydrogen) atoms. The van der Waals surface area contributed by atoms with E-state index >= 15 is 0 Å². The molecule has 0 amide bonds. The molecule has 1 heterocycles. The number of rotatable bonds is 6. The lowest BCUT2D eigenvalue weighted by Gasteiger charge is -2.14. The van der Waals surface area contributed by atoms with Crippen molar-refractivity contribution in [2.45, 2.75) is 0 Å². The second-order valence-corrected chi connectivity index (χ2v) is 5.22. The van der Waals surface area contributed by atoms with Crippen molar-refractivity contribution in [2.24, 2.45) is 0 Å². The van der Waals surface area contributed by atoms with E-state index in [4.69, 9.17) is 9.47 Å². The van der Waals surface area contributed by atoms with Crippen molar-refractivity contribution in [3.05, 3.63) is 64.4 Å². The summed E-state index contributed by atoms with van der Waals surface area (Å²) in [5.74, 6) is -1.09. The lowest BCUT2D eigenvalue weighted by Crippen LogP contribution is -2.23. The number of carboxylic acids is 1. The number of hydrogen-bond donors (Lipinski definition) is 1. The van der Waals surface area contributed by atoms with Crippen molar-refractivity contribution in [1.29, 1.82) is 0 Å². The molecule has 0 radical (unpaired) electrons. The van der Waals surface area contributed by atoms with Crippen molar-refractivity contribution in [3.8, 4) is 11.4 Å². The van der Waals surface area contributed by atoms with Gasteiger partial charge in [-0.1, -0.05) is 24.3 Å². The van der Waals surface area contributed by atoms with Crippen LogP contribution in [0.3, 0.4) is 0 Å². The van der Waals surface area contributed by atoms with E-state index < -0.39 is 17.1 Å². The van der Waals surface area contributed by atoms with E-state index in [1.165, 1.54) is 4.68 Å². The van der Waals surface area contributed by atoms with Crippen LogP contribution in [0.15, 0.2) is 53.3 Å². The molecule has 0 saturated carbocycles. The summed E-state index contributed by atoms with van der Waals surface area (Å²) in [7, 11) is 1.54. The molecule has 1 aromatic heterocycles. The van der Waals surface area contributed by atoms with Gasteiger partial charge < -0.3 is 14.6 Å². The second-order valence-electron chi connectivity index (χ2n) is 5.22. The number of hydrogen-bond acceptors (Lipinski definition) is 5. The number of carboxylic acid groups (broad SMARTS) is 1. The molecule has 0 aliphatic carbocycles. The number of carbonyl (C=O) groups is 1. The Kier molecular flexibility index (Phi) is 4.76. The lowest BCUT2D eigenvalue weighted by atomic mass is 10.1. The number of aromatic nitrogens is 2. The molecule has 128 valence electrons. The van der Waals surface area contributed by atoms with Crippen molar-refractivity contribution in [1.82, 2.24) is 9.78 Å². The number of fused-ring (bicyclic) bond motifs is 1. The standard InChI is InChI=1S/C18H16N2O5/c1-24-10-11-25-14-9-5-8-13-15(14)17(21)16(18(22)23)19-20(13)12-6-3-2-4-7-12/h2-9H,10-11H2,1H3,(H,22,23). The number of methoxy groups -OCH3 is 1. The third-order valence-corrected chi connectivity index (χ3v) is 3.62. The average molecular weight is 340 g/mol. The minimum absolute atomic E-state index is 0.176. The number of aromatic carboxylic acids is 1. The molecule has 0 saturated heterocycles. The summed E-state index contributed by atoms with van der Waals surface area (Å²) in [6.07, 6.45) is 0. The first-order valence-electron chi connectivity index (χ1n) is 7.60. The van der Waals surface area contributed by atoms with Gasteiger partial charge in [0.2, 0.25) is 11.1 Å². The van der Waals surface area contributed by atoms with E-state index in [0.717, 1.165) is 0 Å². The largest absolute Gasteiger partial charge is 0.490 e. The maximum Gasteiger partial charge on any atom is 0.360 e. The number of para-hydroxylation sites is 1. The smallest absolute Gasteiger partial charge is 0.360 e. The highest BCUT2D eigenvalue weighted by Crippen LogP contribution is 2.24. The summed E-state index contributed by atoms with van der Waals surface area (Å²) in [6.45, 7) is 0.589. The zero-order valence-corrected chi connectivity index (χ0v) is 13.5. The minimum atomic E-state index is -1.39. The molecule has 0 aliphatic rings. The van der Waals surface area contributed by atoms with Gasteiger partial charge in [0, 0.05) is 7.11 Å². The summed E-state index contributed by atoms with van der Waals surface area (Å²) in [5.41, 5.74) is -0.123. The van der Waals surface area contributed by atoms with Gasteiger partial charge in [-0.05, 0) is 24.3 Å². The third kappa shape index (κ3) is 3.22. The van der Waals surface area contributed by atoms with E-state index in [0.29, 0.717) is 23.6 Å². The van der Waals surface area contributed by atoms with Crippen LogP contribution < -0.4 is 10.2 Å². The predicted molar refractivity (Wildman–Crippen MR) is 91.7 cm³/mol. The Morgan fingerprint density at radius 2 is 1.88 bits per heavy atom. The minimum Gasteiger partial charge on any atom is -0.490 e. The van der Waals surface area contributed by atoms with Crippen molar-refractivity contribution < 1.29 is 19.4 Å². The van der Waals surface area contributed by atoms with Gasteiger partial charge in [0.25, 0.3) is 0 Å². The molecule has 0 bridgehead atoms. The van der Waals surface area contributed by atoms with Gasteiger partial charge in [-0.2, -0.15) is 5.10 Å². The van der Waals surface area contributed by atoms with E-state index in [1.54, 1.807) is 49.6 Å². The third-order valence-electron chi connectivity index (χ3n) is 3.62. The summed E-state index contributed by atoms with van der Waals surface area (Å²) >= 11 is 0. The quantitative estimate of drug-likeness (QED) is 0.691. The maximum atomic E-state index is 12.6. The van der Waals surface area contributed by atoms with Crippen molar-refractivity contribution >= 4 is 16.9 Å². The van der Waals surface area contributed by atoms with Crippen molar-refractivity contribution in [2.75, 3.05) is 20.3 Å². The van der Waals surface area contributed by atoms with E-state index in [-0.39, 0.29) is 12.0 Å². The molecular weight excluding hydrogens is 324 g/mol. The predicted octanol–water partition coefficient (Wildman–Crippen LogP) is 2.11. The van der Waals surface area contributed by atoms with Crippen LogP contribution in [0.1, 0.15) is 10.5 Å². The molecule has 0 unspecified atom stereocenters. The Bertz CT molecular complexity index is 966. The van der Waals surface area contributed by atoms with Crippen LogP contribution in [-0.2, 0) is 4.74 Å².